The summed E-state index contributed by atoms with van der Waals surface area (Å²) in [5, 5.41) is 1.29. The van der Waals surface area contributed by atoms with Crippen molar-refractivity contribution >= 4 is 10.9 Å². The van der Waals surface area contributed by atoms with Crippen LogP contribution in [0, 0.1) is 0 Å². The second kappa shape index (κ2) is 3.86. The summed E-state index contributed by atoms with van der Waals surface area (Å²) in [6.07, 6.45) is 3.09. The van der Waals surface area contributed by atoms with Crippen molar-refractivity contribution in [1.82, 2.24) is 4.98 Å². The van der Waals surface area contributed by atoms with E-state index in [0.29, 0.717) is 0 Å². The Morgan fingerprint density at radius 2 is 1.94 bits per heavy atom. The minimum Gasteiger partial charge on any atom is -0.354 e. The van der Waals surface area contributed by atoms with E-state index in [-0.39, 0.29) is 0 Å². The van der Waals surface area contributed by atoms with Crippen molar-refractivity contribution in [2.24, 2.45) is 0 Å². The Morgan fingerprint density at radius 1 is 1.18 bits per heavy atom. The van der Waals surface area contributed by atoms with Crippen molar-refractivity contribution < 1.29 is 9.47 Å². The number of methoxy groups -OCH3 is 2. The second-order valence-electron chi connectivity index (χ2n) is 4.54. The molecule has 0 spiro atoms. The average Bonchev–Trinajstić information content (AvgIpc) is 2.77. The van der Waals surface area contributed by atoms with Gasteiger partial charge in [0, 0.05) is 31.5 Å². The molecular formula is C14H17NO2. The smallest absolute Gasteiger partial charge is 0.209 e. The van der Waals surface area contributed by atoms with Crippen LogP contribution in [0.15, 0.2) is 24.3 Å². The van der Waals surface area contributed by atoms with E-state index in [1.165, 1.54) is 10.9 Å². The minimum atomic E-state index is -0.591. The first kappa shape index (κ1) is 10.8. The molecule has 3 heteroatoms. The van der Waals surface area contributed by atoms with E-state index < -0.39 is 5.79 Å². The van der Waals surface area contributed by atoms with Gasteiger partial charge in [0.2, 0.25) is 5.79 Å². The highest BCUT2D eigenvalue weighted by atomic mass is 16.7. The first-order valence-electron chi connectivity index (χ1n) is 6.01. The normalized spacial score (nSPS) is 18.2. The molecule has 90 valence electrons. The van der Waals surface area contributed by atoms with Gasteiger partial charge in [-0.05, 0) is 24.5 Å². The van der Waals surface area contributed by atoms with Gasteiger partial charge in [-0.25, -0.2) is 0 Å². The number of hydrogen-bond donors (Lipinski definition) is 1. The molecule has 0 bridgehead atoms. The zero-order chi connectivity index (χ0) is 11.9. The lowest BCUT2D eigenvalue weighted by Gasteiger charge is -2.34. The molecule has 0 saturated heterocycles. The molecule has 1 aromatic carbocycles. The average molecular weight is 231 g/mol. The van der Waals surface area contributed by atoms with E-state index in [9.17, 15) is 0 Å². The van der Waals surface area contributed by atoms with Gasteiger partial charge in [-0.1, -0.05) is 18.2 Å². The fourth-order valence-corrected chi connectivity index (χ4v) is 2.90. The van der Waals surface area contributed by atoms with Crippen molar-refractivity contribution in [3.63, 3.8) is 0 Å². The fraction of sp³-hybridized carbons (Fsp3) is 0.429. The summed E-state index contributed by atoms with van der Waals surface area (Å²) in [4.78, 5) is 3.46. The molecule has 3 rings (SSSR count). The van der Waals surface area contributed by atoms with Gasteiger partial charge in [0.25, 0.3) is 0 Å². The topological polar surface area (TPSA) is 34.2 Å². The minimum absolute atomic E-state index is 0.591. The summed E-state index contributed by atoms with van der Waals surface area (Å²) in [7, 11) is 3.42. The maximum atomic E-state index is 5.63. The number of hydrogen-bond acceptors (Lipinski definition) is 2. The SMILES string of the molecule is COC1(OC)CCCc2c1[nH]c1ccccc21. The lowest BCUT2D eigenvalue weighted by atomic mass is 9.90. The third-order valence-electron chi connectivity index (χ3n) is 3.79. The van der Waals surface area contributed by atoms with Gasteiger partial charge < -0.3 is 14.5 Å². The third kappa shape index (κ3) is 1.43. The highest BCUT2D eigenvalue weighted by molar-refractivity contribution is 5.85. The Morgan fingerprint density at radius 3 is 2.71 bits per heavy atom. The Balaban J connectivity index is 2.27. The molecule has 1 N–H and O–H groups in total. The van der Waals surface area contributed by atoms with Crippen LogP contribution in [0.4, 0.5) is 0 Å². The second-order valence-corrected chi connectivity index (χ2v) is 4.54. The van der Waals surface area contributed by atoms with Crippen LogP contribution in [0.1, 0.15) is 24.1 Å². The lowest BCUT2D eigenvalue weighted by Crippen LogP contribution is -2.34. The number of aromatic nitrogens is 1. The molecule has 3 nitrogen and oxygen atoms in total. The summed E-state index contributed by atoms with van der Waals surface area (Å²) in [6.45, 7) is 0. The number of fused-ring (bicyclic) bond motifs is 3. The quantitative estimate of drug-likeness (QED) is 0.806. The standard InChI is InChI=1S/C14H17NO2/c1-16-14(17-2)9-5-7-11-10-6-3-4-8-12(10)15-13(11)14/h3-4,6,8,15H,5,7,9H2,1-2H3. The highest BCUT2D eigenvalue weighted by Gasteiger charge is 2.39. The van der Waals surface area contributed by atoms with Gasteiger partial charge >= 0.3 is 0 Å². The molecule has 0 saturated carbocycles. The van der Waals surface area contributed by atoms with Gasteiger partial charge in [-0.15, -0.1) is 0 Å². The van der Waals surface area contributed by atoms with Crippen LogP contribution in [-0.2, 0) is 21.7 Å². The van der Waals surface area contributed by atoms with Gasteiger partial charge in [-0.3, -0.25) is 0 Å². The van der Waals surface area contributed by atoms with E-state index in [1.807, 2.05) is 6.07 Å². The number of H-pyrrole nitrogens is 1. The molecule has 1 aromatic heterocycles. The molecule has 17 heavy (non-hydrogen) atoms. The molecule has 1 heterocycles. The number of rotatable bonds is 2. The van der Waals surface area contributed by atoms with Crippen LogP contribution in [0.2, 0.25) is 0 Å². The van der Waals surface area contributed by atoms with Crippen LogP contribution in [0.3, 0.4) is 0 Å². The van der Waals surface area contributed by atoms with E-state index in [0.717, 1.165) is 30.5 Å². The molecule has 2 aromatic rings. The number of aromatic amines is 1. The number of nitrogens with one attached hydrogen (secondary N) is 1. The number of benzene rings is 1. The zero-order valence-electron chi connectivity index (χ0n) is 10.2. The van der Waals surface area contributed by atoms with Crippen molar-refractivity contribution in [2.45, 2.75) is 25.0 Å². The Labute approximate surface area is 101 Å². The summed E-state index contributed by atoms with van der Waals surface area (Å²) in [6, 6.07) is 8.38. The van der Waals surface area contributed by atoms with Crippen molar-refractivity contribution in [3.8, 4) is 0 Å². The summed E-state index contributed by atoms with van der Waals surface area (Å²) < 4.78 is 11.3. The van der Waals surface area contributed by atoms with E-state index in [1.54, 1.807) is 14.2 Å². The monoisotopic (exact) mass is 231 g/mol. The predicted octanol–water partition coefficient (Wildman–Crippen LogP) is 2.95. The molecule has 0 atom stereocenters. The van der Waals surface area contributed by atoms with Crippen LogP contribution in [0.25, 0.3) is 10.9 Å². The molecular weight excluding hydrogens is 214 g/mol. The number of para-hydroxylation sites is 1. The zero-order valence-corrected chi connectivity index (χ0v) is 10.2. The summed E-state index contributed by atoms with van der Waals surface area (Å²) >= 11 is 0. The highest BCUT2D eigenvalue weighted by Crippen LogP contribution is 2.41. The van der Waals surface area contributed by atoms with Crippen molar-refractivity contribution in [1.29, 1.82) is 0 Å². The van der Waals surface area contributed by atoms with Gasteiger partial charge in [0.05, 0.1) is 5.69 Å². The van der Waals surface area contributed by atoms with Gasteiger partial charge in [-0.2, -0.15) is 0 Å². The maximum absolute atomic E-state index is 5.63. The number of ether oxygens (including phenoxy) is 2. The molecule has 0 radical (unpaired) electrons. The summed E-state index contributed by atoms with van der Waals surface area (Å²) in [5.74, 6) is -0.591. The van der Waals surface area contributed by atoms with Crippen molar-refractivity contribution in [2.75, 3.05) is 14.2 Å². The van der Waals surface area contributed by atoms with E-state index in [4.69, 9.17) is 9.47 Å². The van der Waals surface area contributed by atoms with Gasteiger partial charge in [0.1, 0.15) is 0 Å². The van der Waals surface area contributed by atoms with Crippen LogP contribution in [-0.4, -0.2) is 19.2 Å². The summed E-state index contributed by atoms with van der Waals surface area (Å²) in [5.41, 5.74) is 3.60. The first-order valence-corrected chi connectivity index (χ1v) is 6.01. The third-order valence-corrected chi connectivity index (χ3v) is 3.79. The van der Waals surface area contributed by atoms with E-state index in [2.05, 4.69) is 23.2 Å². The largest absolute Gasteiger partial charge is 0.354 e. The fourth-order valence-electron chi connectivity index (χ4n) is 2.90. The Kier molecular flexibility index (Phi) is 2.45. The Bertz CT molecular complexity index is 540. The molecule has 1 aliphatic rings. The molecule has 0 aliphatic heterocycles. The van der Waals surface area contributed by atoms with Gasteiger partial charge in [0.15, 0.2) is 0 Å². The molecule has 0 amide bonds. The molecule has 0 fully saturated rings. The molecule has 1 aliphatic carbocycles. The Hall–Kier alpha value is -1.32. The lowest BCUT2D eigenvalue weighted by molar-refractivity contribution is -0.226. The van der Waals surface area contributed by atoms with E-state index >= 15 is 0 Å². The first-order chi connectivity index (χ1) is 8.30. The molecule has 0 unspecified atom stereocenters. The maximum Gasteiger partial charge on any atom is 0.209 e. The van der Waals surface area contributed by atoms with Crippen molar-refractivity contribution in [3.05, 3.63) is 35.5 Å². The van der Waals surface area contributed by atoms with Crippen LogP contribution >= 0.6 is 0 Å². The predicted molar refractivity (Wildman–Crippen MR) is 66.9 cm³/mol. The van der Waals surface area contributed by atoms with Crippen LogP contribution in [0.5, 0.6) is 0 Å². The van der Waals surface area contributed by atoms with Crippen LogP contribution < -0.4 is 0 Å². The number of aryl methyl sites for hydroxylation is 1.